The van der Waals surface area contributed by atoms with E-state index >= 15 is 0 Å². The molecule has 0 aliphatic heterocycles. The van der Waals surface area contributed by atoms with Gasteiger partial charge in [-0.05, 0) is 17.5 Å². The van der Waals surface area contributed by atoms with Crippen LogP contribution < -0.4 is 4.72 Å². The first-order valence-corrected chi connectivity index (χ1v) is 8.10. The fourth-order valence-electron chi connectivity index (χ4n) is 1.51. The Morgan fingerprint density at radius 1 is 1.40 bits per heavy atom. The second-order valence-electron chi connectivity index (χ2n) is 5.24. The van der Waals surface area contributed by atoms with Crippen LogP contribution in [0.5, 0.6) is 0 Å². The summed E-state index contributed by atoms with van der Waals surface area (Å²) in [5.74, 6) is 0. The van der Waals surface area contributed by atoms with Crippen LogP contribution in [0.3, 0.4) is 0 Å². The normalized spacial score (nSPS) is 12.1. The van der Waals surface area contributed by atoms with Gasteiger partial charge >= 0.3 is 0 Å². The standard InChI is InChI=1S/C12H14N4O2S2/c1-12(2,3)10-4-5-11(19-10)20(17,18)16-9-7-14-15-8(9)6-13/h4-5,7,16H,1-3H3,(H,14,15). The Morgan fingerprint density at radius 2 is 2.10 bits per heavy atom. The molecular weight excluding hydrogens is 296 g/mol. The first kappa shape index (κ1) is 14.6. The van der Waals surface area contributed by atoms with Crippen LogP contribution in [0.25, 0.3) is 0 Å². The van der Waals surface area contributed by atoms with Crippen LogP contribution in [0.2, 0.25) is 0 Å². The van der Waals surface area contributed by atoms with Crippen molar-refractivity contribution in [1.82, 2.24) is 10.2 Å². The highest BCUT2D eigenvalue weighted by molar-refractivity contribution is 7.94. The number of nitriles is 1. The molecule has 0 radical (unpaired) electrons. The molecule has 2 aromatic rings. The summed E-state index contributed by atoms with van der Waals surface area (Å²) in [5.41, 5.74) is 0.130. The number of H-pyrrole nitrogens is 1. The van der Waals surface area contributed by atoms with Gasteiger partial charge in [0.1, 0.15) is 16.0 Å². The molecule has 0 amide bonds. The average molecular weight is 310 g/mol. The van der Waals surface area contributed by atoms with E-state index in [9.17, 15) is 8.42 Å². The number of anilines is 1. The summed E-state index contributed by atoms with van der Waals surface area (Å²) in [7, 11) is -3.70. The maximum absolute atomic E-state index is 12.3. The summed E-state index contributed by atoms with van der Waals surface area (Å²) in [6, 6.07) is 5.21. The minimum absolute atomic E-state index is 0.0844. The number of rotatable bonds is 3. The zero-order chi connectivity index (χ0) is 15.0. The molecule has 106 valence electrons. The van der Waals surface area contributed by atoms with E-state index in [1.165, 1.54) is 17.5 Å². The van der Waals surface area contributed by atoms with Gasteiger partial charge in [0.05, 0.1) is 6.20 Å². The zero-order valence-corrected chi connectivity index (χ0v) is 12.9. The third-order valence-corrected chi connectivity index (χ3v) is 5.95. The molecule has 0 atom stereocenters. The molecule has 0 aliphatic rings. The summed E-state index contributed by atoms with van der Waals surface area (Å²) in [6.07, 6.45) is 1.27. The Kier molecular flexibility index (Phi) is 3.58. The van der Waals surface area contributed by atoms with Gasteiger partial charge in [0, 0.05) is 4.88 Å². The van der Waals surface area contributed by atoms with Crippen molar-refractivity contribution in [2.45, 2.75) is 30.4 Å². The smallest absolute Gasteiger partial charge is 0.271 e. The predicted molar refractivity (Wildman–Crippen MR) is 77.1 cm³/mol. The lowest BCUT2D eigenvalue weighted by Gasteiger charge is -2.15. The van der Waals surface area contributed by atoms with E-state index in [1.807, 2.05) is 26.8 Å². The van der Waals surface area contributed by atoms with Crippen LogP contribution >= 0.6 is 11.3 Å². The summed E-state index contributed by atoms with van der Waals surface area (Å²) in [4.78, 5) is 0.977. The fraction of sp³-hybridized carbons (Fsp3) is 0.333. The molecule has 0 aromatic carbocycles. The molecule has 0 fully saturated rings. The summed E-state index contributed by atoms with van der Waals surface area (Å²) >= 11 is 1.22. The van der Waals surface area contributed by atoms with E-state index < -0.39 is 10.0 Å². The monoisotopic (exact) mass is 310 g/mol. The quantitative estimate of drug-likeness (QED) is 0.909. The van der Waals surface area contributed by atoms with Crippen molar-refractivity contribution < 1.29 is 8.42 Å². The first-order valence-electron chi connectivity index (χ1n) is 5.80. The van der Waals surface area contributed by atoms with Crippen LogP contribution in [0.15, 0.2) is 22.5 Å². The average Bonchev–Trinajstić information content (AvgIpc) is 2.94. The maximum Gasteiger partial charge on any atom is 0.271 e. The number of nitrogens with zero attached hydrogens (tertiary/aromatic N) is 2. The van der Waals surface area contributed by atoms with Crippen LogP contribution in [0.1, 0.15) is 31.3 Å². The summed E-state index contributed by atoms with van der Waals surface area (Å²) in [6.45, 7) is 6.06. The molecule has 2 heterocycles. The van der Waals surface area contributed by atoms with Crippen molar-refractivity contribution >= 4 is 27.0 Å². The minimum Gasteiger partial charge on any atom is -0.274 e. The van der Waals surface area contributed by atoms with Crippen molar-refractivity contribution in [3.8, 4) is 6.07 Å². The number of aromatic nitrogens is 2. The third kappa shape index (κ3) is 2.84. The molecule has 8 heteroatoms. The van der Waals surface area contributed by atoms with E-state index in [-0.39, 0.29) is 21.0 Å². The van der Waals surface area contributed by atoms with Gasteiger partial charge in [-0.2, -0.15) is 10.4 Å². The molecule has 0 bridgehead atoms. The van der Waals surface area contributed by atoms with Gasteiger partial charge in [-0.1, -0.05) is 20.8 Å². The summed E-state index contributed by atoms with van der Waals surface area (Å²) in [5, 5.41) is 14.9. The molecule has 2 aromatic heterocycles. The lowest BCUT2D eigenvalue weighted by Crippen LogP contribution is -2.12. The van der Waals surface area contributed by atoms with Crippen molar-refractivity contribution in [2.24, 2.45) is 0 Å². The zero-order valence-electron chi connectivity index (χ0n) is 11.3. The molecule has 20 heavy (non-hydrogen) atoms. The van der Waals surface area contributed by atoms with Gasteiger partial charge in [-0.15, -0.1) is 11.3 Å². The Labute approximate surface area is 121 Å². The topological polar surface area (TPSA) is 98.6 Å². The van der Waals surface area contributed by atoms with Gasteiger partial charge in [-0.3, -0.25) is 9.82 Å². The van der Waals surface area contributed by atoms with E-state index in [1.54, 1.807) is 12.1 Å². The SMILES string of the molecule is CC(C)(C)c1ccc(S(=O)(=O)Nc2cn[nH]c2C#N)s1. The molecule has 0 unspecified atom stereocenters. The lowest BCUT2D eigenvalue weighted by molar-refractivity contribution is 0.603. The van der Waals surface area contributed by atoms with Crippen molar-refractivity contribution in [1.29, 1.82) is 5.26 Å². The van der Waals surface area contributed by atoms with E-state index in [0.29, 0.717) is 0 Å². The van der Waals surface area contributed by atoms with E-state index in [2.05, 4.69) is 14.9 Å². The second-order valence-corrected chi connectivity index (χ2v) is 8.24. The van der Waals surface area contributed by atoms with Crippen LogP contribution in [-0.2, 0) is 15.4 Å². The van der Waals surface area contributed by atoms with E-state index in [0.717, 1.165) is 4.88 Å². The van der Waals surface area contributed by atoms with Crippen LogP contribution in [-0.4, -0.2) is 18.6 Å². The maximum atomic E-state index is 12.3. The van der Waals surface area contributed by atoms with Gasteiger partial charge in [-0.25, -0.2) is 8.42 Å². The third-order valence-electron chi connectivity index (χ3n) is 2.58. The first-order chi connectivity index (χ1) is 9.24. The minimum atomic E-state index is -3.70. The van der Waals surface area contributed by atoms with Crippen LogP contribution in [0, 0.1) is 11.3 Å². The molecular formula is C12H14N4O2S2. The van der Waals surface area contributed by atoms with Gasteiger partial charge in [0.15, 0.2) is 5.69 Å². The van der Waals surface area contributed by atoms with Gasteiger partial charge in [0.2, 0.25) is 0 Å². The summed E-state index contributed by atoms with van der Waals surface area (Å²) < 4.78 is 27.1. The van der Waals surface area contributed by atoms with Gasteiger partial charge < -0.3 is 0 Å². The number of hydrogen-bond donors (Lipinski definition) is 2. The number of sulfonamides is 1. The van der Waals surface area contributed by atoms with Crippen molar-refractivity contribution in [3.05, 3.63) is 28.9 Å². The van der Waals surface area contributed by atoms with Gasteiger partial charge in [0.25, 0.3) is 10.0 Å². The molecule has 2 N–H and O–H groups in total. The molecule has 0 spiro atoms. The predicted octanol–water partition coefficient (Wildman–Crippen LogP) is 2.44. The Balaban J connectivity index is 2.32. The number of hydrogen-bond acceptors (Lipinski definition) is 5. The van der Waals surface area contributed by atoms with Crippen LogP contribution in [0.4, 0.5) is 5.69 Å². The molecule has 6 nitrogen and oxygen atoms in total. The van der Waals surface area contributed by atoms with Crippen molar-refractivity contribution in [3.63, 3.8) is 0 Å². The highest BCUT2D eigenvalue weighted by Crippen LogP contribution is 2.32. The molecule has 0 saturated heterocycles. The Bertz CT molecular complexity index is 760. The molecule has 0 saturated carbocycles. The Morgan fingerprint density at radius 3 is 2.65 bits per heavy atom. The molecule has 0 aliphatic carbocycles. The highest BCUT2D eigenvalue weighted by atomic mass is 32.2. The Hall–Kier alpha value is -1.85. The molecule has 2 rings (SSSR count). The number of thiophene rings is 1. The largest absolute Gasteiger partial charge is 0.274 e. The van der Waals surface area contributed by atoms with Crippen molar-refractivity contribution in [2.75, 3.05) is 4.72 Å². The van der Waals surface area contributed by atoms with E-state index in [4.69, 9.17) is 5.26 Å². The lowest BCUT2D eigenvalue weighted by atomic mass is 9.95. The number of nitrogens with one attached hydrogen (secondary N) is 2. The second kappa shape index (κ2) is 4.92. The number of aromatic amines is 1. The highest BCUT2D eigenvalue weighted by Gasteiger charge is 2.23. The fourth-order valence-corrected chi connectivity index (χ4v) is 3.93.